The van der Waals surface area contributed by atoms with Crippen LogP contribution in [0.4, 0.5) is 0 Å². The highest BCUT2D eigenvalue weighted by molar-refractivity contribution is 7.91. The summed E-state index contributed by atoms with van der Waals surface area (Å²) in [6, 6.07) is 0.868. The second kappa shape index (κ2) is 3.79. The maximum absolute atomic E-state index is 11.3. The molecule has 1 saturated carbocycles. The molecular weight excluding hydrogens is 200 g/mol. The summed E-state index contributed by atoms with van der Waals surface area (Å²) in [4.78, 5) is 2.31. The molecule has 2 N–H and O–H groups in total. The third-order valence-corrected chi connectivity index (χ3v) is 4.83. The van der Waals surface area contributed by atoms with Gasteiger partial charge in [-0.1, -0.05) is 0 Å². The van der Waals surface area contributed by atoms with E-state index in [1.54, 1.807) is 0 Å². The van der Waals surface area contributed by atoms with E-state index < -0.39 is 9.84 Å². The molecule has 0 radical (unpaired) electrons. The van der Waals surface area contributed by atoms with Crippen molar-refractivity contribution >= 4 is 9.84 Å². The van der Waals surface area contributed by atoms with Crippen molar-refractivity contribution in [3.05, 3.63) is 0 Å². The molecule has 82 valence electrons. The standard InChI is InChI=1S/C9H18N2O2S/c10-4-5-11(8-1-2-8)9-3-6-14(12,13)7-9/h8-9H,1-7,10H2. The van der Waals surface area contributed by atoms with Gasteiger partial charge in [-0.2, -0.15) is 0 Å². The number of nitrogens with two attached hydrogens (primary N) is 1. The largest absolute Gasteiger partial charge is 0.329 e. The Labute approximate surface area is 85.4 Å². The first-order valence-electron chi connectivity index (χ1n) is 5.28. The van der Waals surface area contributed by atoms with E-state index >= 15 is 0 Å². The van der Waals surface area contributed by atoms with Crippen molar-refractivity contribution in [2.24, 2.45) is 5.73 Å². The van der Waals surface area contributed by atoms with Crippen LogP contribution >= 0.6 is 0 Å². The van der Waals surface area contributed by atoms with Gasteiger partial charge < -0.3 is 5.73 Å². The number of sulfone groups is 1. The predicted octanol–water partition coefficient (Wildman–Crippen LogP) is -0.403. The van der Waals surface area contributed by atoms with Crippen LogP contribution in [0, 0.1) is 0 Å². The molecule has 0 bridgehead atoms. The summed E-state index contributed by atoms with van der Waals surface area (Å²) >= 11 is 0. The van der Waals surface area contributed by atoms with Gasteiger partial charge in [-0.3, -0.25) is 4.90 Å². The average molecular weight is 218 g/mol. The summed E-state index contributed by atoms with van der Waals surface area (Å²) < 4.78 is 22.7. The van der Waals surface area contributed by atoms with Gasteiger partial charge in [0.15, 0.2) is 9.84 Å². The minimum atomic E-state index is -2.75. The van der Waals surface area contributed by atoms with Crippen LogP contribution in [0.15, 0.2) is 0 Å². The number of hydrogen-bond acceptors (Lipinski definition) is 4. The second-order valence-electron chi connectivity index (χ2n) is 4.31. The molecule has 14 heavy (non-hydrogen) atoms. The smallest absolute Gasteiger partial charge is 0.151 e. The fourth-order valence-electron chi connectivity index (χ4n) is 2.26. The molecule has 0 aromatic heterocycles. The predicted molar refractivity (Wildman–Crippen MR) is 55.8 cm³/mol. The summed E-state index contributed by atoms with van der Waals surface area (Å²) in [5.41, 5.74) is 5.54. The molecule has 2 aliphatic rings. The summed E-state index contributed by atoms with van der Waals surface area (Å²) in [6.07, 6.45) is 3.24. The Morgan fingerprint density at radius 2 is 1.93 bits per heavy atom. The zero-order valence-electron chi connectivity index (χ0n) is 8.35. The second-order valence-corrected chi connectivity index (χ2v) is 6.54. The summed E-state index contributed by atoms with van der Waals surface area (Å²) in [6.45, 7) is 1.48. The van der Waals surface area contributed by atoms with Gasteiger partial charge in [-0.15, -0.1) is 0 Å². The molecule has 1 aliphatic carbocycles. The van der Waals surface area contributed by atoms with E-state index in [2.05, 4.69) is 4.90 Å². The molecule has 2 rings (SSSR count). The lowest BCUT2D eigenvalue weighted by Crippen LogP contribution is -2.41. The number of rotatable bonds is 4. The lowest BCUT2D eigenvalue weighted by atomic mass is 10.2. The van der Waals surface area contributed by atoms with Crippen molar-refractivity contribution < 1.29 is 8.42 Å². The lowest BCUT2D eigenvalue weighted by Gasteiger charge is -2.27. The quantitative estimate of drug-likeness (QED) is 0.697. The molecule has 0 amide bonds. The molecule has 1 heterocycles. The van der Waals surface area contributed by atoms with Gasteiger partial charge in [-0.25, -0.2) is 8.42 Å². The molecule has 1 atom stereocenters. The first-order valence-corrected chi connectivity index (χ1v) is 7.11. The van der Waals surface area contributed by atoms with Crippen LogP contribution in [0.25, 0.3) is 0 Å². The van der Waals surface area contributed by atoms with Gasteiger partial charge in [0.25, 0.3) is 0 Å². The van der Waals surface area contributed by atoms with Crippen molar-refractivity contribution in [1.29, 1.82) is 0 Å². The van der Waals surface area contributed by atoms with Crippen LogP contribution in [0.1, 0.15) is 19.3 Å². The van der Waals surface area contributed by atoms with E-state index in [1.807, 2.05) is 0 Å². The van der Waals surface area contributed by atoms with Crippen LogP contribution in [-0.4, -0.2) is 50.0 Å². The first-order chi connectivity index (χ1) is 6.62. The van der Waals surface area contributed by atoms with E-state index in [-0.39, 0.29) is 6.04 Å². The van der Waals surface area contributed by atoms with Gasteiger partial charge in [0, 0.05) is 25.2 Å². The summed E-state index contributed by atoms with van der Waals surface area (Å²) in [7, 11) is -2.75. The highest BCUT2D eigenvalue weighted by Crippen LogP contribution is 2.31. The van der Waals surface area contributed by atoms with Crippen LogP contribution in [0.2, 0.25) is 0 Å². The Bertz CT molecular complexity index is 298. The highest BCUT2D eigenvalue weighted by Gasteiger charge is 2.38. The molecule has 1 unspecified atom stereocenters. The van der Waals surface area contributed by atoms with Crippen LogP contribution < -0.4 is 5.73 Å². The summed E-state index contributed by atoms with van der Waals surface area (Å²) in [5, 5.41) is 0. The number of hydrogen-bond donors (Lipinski definition) is 1. The van der Waals surface area contributed by atoms with Crippen LogP contribution in [0.5, 0.6) is 0 Å². The lowest BCUT2D eigenvalue weighted by molar-refractivity contribution is 0.208. The highest BCUT2D eigenvalue weighted by atomic mass is 32.2. The van der Waals surface area contributed by atoms with Crippen molar-refractivity contribution in [2.45, 2.75) is 31.3 Å². The van der Waals surface area contributed by atoms with Gasteiger partial charge in [-0.05, 0) is 19.3 Å². The molecule has 1 aliphatic heterocycles. The van der Waals surface area contributed by atoms with E-state index in [0.717, 1.165) is 13.0 Å². The zero-order chi connectivity index (χ0) is 10.2. The third-order valence-electron chi connectivity index (χ3n) is 3.08. The Balaban J connectivity index is 1.98. The first kappa shape index (κ1) is 10.4. The maximum atomic E-state index is 11.3. The summed E-state index contributed by atoms with van der Waals surface area (Å²) in [5.74, 6) is 0.717. The van der Waals surface area contributed by atoms with Crippen LogP contribution in [-0.2, 0) is 9.84 Å². The monoisotopic (exact) mass is 218 g/mol. The van der Waals surface area contributed by atoms with Crippen molar-refractivity contribution in [1.82, 2.24) is 4.90 Å². The normalized spacial score (nSPS) is 31.1. The Morgan fingerprint density at radius 1 is 1.21 bits per heavy atom. The molecule has 0 aromatic carbocycles. The molecule has 4 nitrogen and oxygen atoms in total. The molecule has 0 spiro atoms. The van der Waals surface area contributed by atoms with E-state index in [9.17, 15) is 8.42 Å². The fourth-order valence-corrected chi connectivity index (χ4v) is 4.00. The number of nitrogens with zero attached hydrogens (tertiary/aromatic N) is 1. The van der Waals surface area contributed by atoms with Gasteiger partial charge in [0.05, 0.1) is 11.5 Å². The Morgan fingerprint density at radius 3 is 2.36 bits per heavy atom. The van der Waals surface area contributed by atoms with E-state index in [4.69, 9.17) is 5.73 Å². The average Bonchev–Trinajstić information content (AvgIpc) is 2.87. The van der Waals surface area contributed by atoms with Crippen molar-refractivity contribution in [3.63, 3.8) is 0 Å². The van der Waals surface area contributed by atoms with Gasteiger partial charge in [0.1, 0.15) is 0 Å². The van der Waals surface area contributed by atoms with Gasteiger partial charge >= 0.3 is 0 Å². The molecule has 5 heteroatoms. The van der Waals surface area contributed by atoms with E-state index in [1.165, 1.54) is 12.8 Å². The maximum Gasteiger partial charge on any atom is 0.151 e. The fraction of sp³-hybridized carbons (Fsp3) is 1.00. The zero-order valence-corrected chi connectivity index (χ0v) is 9.17. The van der Waals surface area contributed by atoms with E-state index in [0.29, 0.717) is 24.1 Å². The molecule has 2 fully saturated rings. The SMILES string of the molecule is NCCN(C1CC1)C1CCS(=O)(=O)C1. The minimum Gasteiger partial charge on any atom is -0.329 e. The molecule has 0 aromatic rings. The minimum absolute atomic E-state index is 0.246. The van der Waals surface area contributed by atoms with Gasteiger partial charge in [0.2, 0.25) is 0 Å². The topological polar surface area (TPSA) is 63.4 Å². The van der Waals surface area contributed by atoms with Crippen molar-refractivity contribution in [3.8, 4) is 0 Å². The van der Waals surface area contributed by atoms with Crippen molar-refractivity contribution in [2.75, 3.05) is 24.6 Å². The molecule has 1 saturated heterocycles. The Hall–Kier alpha value is -0.130. The molecular formula is C9H18N2O2S. The Kier molecular flexibility index (Phi) is 2.81. The van der Waals surface area contributed by atoms with Crippen LogP contribution in [0.3, 0.4) is 0 Å². The third kappa shape index (κ3) is 2.27.